The Bertz CT molecular complexity index is 541. The molecule has 5 nitrogen and oxygen atoms in total. The van der Waals surface area contributed by atoms with Crippen molar-refractivity contribution in [3.63, 3.8) is 0 Å². The Morgan fingerprint density at radius 1 is 1.15 bits per heavy atom. The van der Waals surface area contributed by atoms with E-state index in [-0.39, 0.29) is 0 Å². The number of benzene rings is 1. The number of nitrogens with zero attached hydrogens (tertiary/aromatic N) is 2. The molecule has 1 aromatic carbocycles. The molecule has 0 aliphatic heterocycles. The molecule has 0 fully saturated rings. The van der Waals surface area contributed by atoms with Crippen molar-refractivity contribution in [3.05, 3.63) is 47.8 Å². The molecular weight excluding hydrogens is 250 g/mol. The van der Waals surface area contributed by atoms with Crippen LogP contribution in [0.15, 0.2) is 36.7 Å². The molecule has 1 unspecified atom stereocenters. The molecular formula is C15H21N5. The normalized spacial score (nSPS) is 11.9. The van der Waals surface area contributed by atoms with E-state index in [2.05, 4.69) is 58.8 Å². The van der Waals surface area contributed by atoms with Gasteiger partial charge in [0.2, 0.25) is 0 Å². The average molecular weight is 271 g/mol. The molecule has 0 saturated heterocycles. The number of hydrogen-bond acceptors (Lipinski definition) is 5. The first-order chi connectivity index (χ1) is 9.76. The molecule has 1 atom stereocenters. The Hall–Kier alpha value is -2.14. The van der Waals surface area contributed by atoms with Gasteiger partial charge in [0, 0.05) is 12.1 Å². The third-order valence-electron chi connectivity index (χ3n) is 3.38. The number of aromatic nitrogens is 2. The maximum atomic E-state index is 5.47. The predicted molar refractivity (Wildman–Crippen MR) is 82.6 cm³/mol. The van der Waals surface area contributed by atoms with Crippen molar-refractivity contribution in [1.82, 2.24) is 9.97 Å². The van der Waals surface area contributed by atoms with Crippen LogP contribution in [0.4, 0.5) is 11.6 Å². The van der Waals surface area contributed by atoms with Gasteiger partial charge in [-0.25, -0.2) is 15.8 Å². The van der Waals surface area contributed by atoms with E-state index in [9.17, 15) is 0 Å². The molecule has 106 valence electrons. The summed E-state index contributed by atoms with van der Waals surface area (Å²) < 4.78 is 0. The third-order valence-corrected chi connectivity index (χ3v) is 3.38. The van der Waals surface area contributed by atoms with Gasteiger partial charge in [-0.15, -0.1) is 0 Å². The van der Waals surface area contributed by atoms with Gasteiger partial charge in [-0.2, -0.15) is 0 Å². The van der Waals surface area contributed by atoms with Gasteiger partial charge < -0.3 is 10.7 Å². The fourth-order valence-corrected chi connectivity index (χ4v) is 2.17. The Morgan fingerprint density at radius 2 is 1.85 bits per heavy atom. The monoisotopic (exact) mass is 271 g/mol. The highest BCUT2D eigenvalue weighted by Gasteiger charge is 2.10. The van der Waals surface area contributed by atoms with Crippen LogP contribution >= 0.6 is 0 Å². The maximum Gasteiger partial charge on any atom is 0.148 e. The fourth-order valence-electron chi connectivity index (χ4n) is 2.17. The molecule has 0 radical (unpaired) electrons. The van der Waals surface area contributed by atoms with Crippen molar-refractivity contribution in [3.8, 4) is 0 Å². The van der Waals surface area contributed by atoms with Crippen LogP contribution in [0, 0.1) is 0 Å². The number of nitrogen functional groups attached to an aromatic ring is 1. The Balaban J connectivity index is 2.07. The van der Waals surface area contributed by atoms with Crippen molar-refractivity contribution >= 4 is 11.6 Å². The highest BCUT2D eigenvalue weighted by atomic mass is 15.3. The second-order valence-electron chi connectivity index (χ2n) is 4.74. The molecule has 4 N–H and O–H groups in total. The average Bonchev–Trinajstić information content (AvgIpc) is 2.52. The topological polar surface area (TPSA) is 75.9 Å². The third kappa shape index (κ3) is 3.24. The molecule has 0 aliphatic carbocycles. The molecule has 5 heteroatoms. The van der Waals surface area contributed by atoms with Gasteiger partial charge in [-0.1, -0.05) is 44.2 Å². The van der Waals surface area contributed by atoms with Crippen LogP contribution in [0.1, 0.15) is 30.9 Å². The molecule has 2 rings (SSSR count). The first kappa shape index (κ1) is 14.3. The van der Waals surface area contributed by atoms with E-state index in [0.717, 1.165) is 24.3 Å². The van der Waals surface area contributed by atoms with Gasteiger partial charge in [0.25, 0.3) is 0 Å². The second kappa shape index (κ2) is 6.86. The standard InChI is InChI=1S/C15H21N5/c1-3-13-14(18-10-19-15(13)20-16)17-9-11(2)12-7-5-4-6-8-12/h4-8,10-11H,3,9,16H2,1-2H3,(H2,17,18,19,20). The Labute approximate surface area is 119 Å². The van der Waals surface area contributed by atoms with Gasteiger partial charge in [0.05, 0.1) is 0 Å². The predicted octanol–water partition coefficient (Wildman–Crippen LogP) is 2.54. The highest BCUT2D eigenvalue weighted by molar-refractivity contribution is 5.56. The lowest BCUT2D eigenvalue weighted by Gasteiger charge is -2.16. The number of anilines is 2. The minimum atomic E-state index is 0.408. The van der Waals surface area contributed by atoms with E-state index in [4.69, 9.17) is 5.84 Å². The van der Waals surface area contributed by atoms with Crippen LogP contribution in [-0.2, 0) is 6.42 Å². The van der Waals surface area contributed by atoms with Crippen LogP contribution in [0.25, 0.3) is 0 Å². The summed E-state index contributed by atoms with van der Waals surface area (Å²) in [6.45, 7) is 5.07. The van der Waals surface area contributed by atoms with E-state index in [1.165, 1.54) is 11.9 Å². The second-order valence-corrected chi connectivity index (χ2v) is 4.74. The lowest BCUT2D eigenvalue weighted by Crippen LogP contribution is -2.16. The van der Waals surface area contributed by atoms with Crippen molar-refractivity contribution in [2.24, 2.45) is 5.84 Å². The van der Waals surface area contributed by atoms with Gasteiger partial charge in [-0.05, 0) is 17.9 Å². The van der Waals surface area contributed by atoms with Crippen LogP contribution < -0.4 is 16.6 Å². The number of hydrazine groups is 1. The zero-order chi connectivity index (χ0) is 14.4. The van der Waals surface area contributed by atoms with Gasteiger partial charge >= 0.3 is 0 Å². The van der Waals surface area contributed by atoms with Crippen LogP contribution in [0.2, 0.25) is 0 Å². The lowest BCUT2D eigenvalue weighted by molar-refractivity contribution is 0.798. The molecule has 0 aliphatic rings. The number of hydrogen-bond donors (Lipinski definition) is 3. The summed E-state index contributed by atoms with van der Waals surface area (Å²) in [6, 6.07) is 10.4. The van der Waals surface area contributed by atoms with Crippen LogP contribution in [0.3, 0.4) is 0 Å². The summed E-state index contributed by atoms with van der Waals surface area (Å²) in [5.74, 6) is 7.41. The highest BCUT2D eigenvalue weighted by Crippen LogP contribution is 2.21. The summed E-state index contributed by atoms with van der Waals surface area (Å²) in [4.78, 5) is 8.43. The summed E-state index contributed by atoms with van der Waals surface area (Å²) in [6.07, 6.45) is 2.34. The molecule has 0 saturated carbocycles. The molecule has 0 spiro atoms. The van der Waals surface area contributed by atoms with E-state index in [0.29, 0.717) is 11.7 Å². The van der Waals surface area contributed by atoms with Crippen molar-refractivity contribution in [2.45, 2.75) is 26.2 Å². The van der Waals surface area contributed by atoms with Crippen LogP contribution in [0.5, 0.6) is 0 Å². The first-order valence-corrected chi connectivity index (χ1v) is 6.85. The fraction of sp³-hybridized carbons (Fsp3) is 0.333. The largest absolute Gasteiger partial charge is 0.369 e. The van der Waals surface area contributed by atoms with Crippen molar-refractivity contribution in [1.29, 1.82) is 0 Å². The number of nitrogens with one attached hydrogen (secondary N) is 2. The summed E-state index contributed by atoms with van der Waals surface area (Å²) in [7, 11) is 0. The molecule has 20 heavy (non-hydrogen) atoms. The van der Waals surface area contributed by atoms with Gasteiger partial charge in [0.15, 0.2) is 0 Å². The first-order valence-electron chi connectivity index (χ1n) is 6.85. The van der Waals surface area contributed by atoms with E-state index < -0.39 is 0 Å². The maximum absolute atomic E-state index is 5.47. The van der Waals surface area contributed by atoms with Gasteiger partial charge in [0.1, 0.15) is 18.0 Å². The quantitative estimate of drug-likeness (QED) is 0.556. The smallest absolute Gasteiger partial charge is 0.148 e. The minimum Gasteiger partial charge on any atom is -0.369 e. The lowest BCUT2D eigenvalue weighted by atomic mass is 10.0. The van der Waals surface area contributed by atoms with Crippen molar-refractivity contribution < 1.29 is 0 Å². The summed E-state index contributed by atoms with van der Waals surface area (Å²) in [5, 5.41) is 3.39. The van der Waals surface area contributed by atoms with E-state index in [1.54, 1.807) is 0 Å². The zero-order valence-electron chi connectivity index (χ0n) is 11.9. The number of nitrogens with two attached hydrogens (primary N) is 1. The molecule has 0 amide bonds. The summed E-state index contributed by atoms with van der Waals surface area (Å²) in [5.41, 5.74) is 4.93. The Kier molecular flexibility index (Phi) is 4.90. The Morgan fingerprint density at radius 3 is 2.50 bits per heavy atom. The molecule has 2 aromatic rings. The van der Waals surface area contributed by atoms with Gasteiger partial charge in [-0.3, -0.25) is 0 Å². The van der Waals surface area contributed by atoms with E-state index >= 15 is 0 Å². The minimum absolute atomic E-state index is 0.408. The molecule has 0 bridgehead atoms. The molecule has 1 aromatic heterocycles. The van der Waals surface area contributed by atoms with Crippen molar-refractivity contribution in [2.75, 3.05) is 17.3 Å². The summed E-state index contributed by atoms with van der Waals surface area (Å²) >= 11 is 0. The number of rotatable bonds is 6. The van der Waals surface area contributed by atoms with Crippen LogP contribution in [-0.4, -0.2) is 16.5 Å². The van der Waals surface area contributed by atoms with E-state index in [1.807, 2.05) is 6.07 Å². The molecule has 1 heterocycles. The SMILES string of the molecule is CCc1c(NN)ncnc1NCC(C)c1ccccc1. The zero-order valence-corrected chi connectivity index (χ0v) is 11.9.